The molecule has 0 N–H and O–H groups in total. The number of rotatable bonds is 3. The predicted molar refractivity (Wildman–Crippen MR) is 57.6 cm³/mol. The molecule has 0 aliphatic carbocycles. The fourth-order valence-electron chi connectivity index (χ4n) is 0.922. The molecule has 0 unspecified atom stereocenters. The average Bonchev–Trinajstić information content (AvgIpc) is 2.14. The summed E-state index contributed by atoms with van der Waals surface area (Å²) in [6, 6.07) is 5.57. The smallest absolute Gasteiger partial charge is 0.189 e. The van der Waals surface area contributed by atoms with Crippen LogP contribution < -0.4 is 0 Å². The molecule has 0 amide bonds. The standard InChI is InChI=1S/C9H8BrFO2S/c10-7-1-2-8-3-5-9(6-4-8)14(11,12)13/h1-6H,7H2. The van der Waals surface area contributed by atoms with Gasteiger partial charge in [0.2, 0.25) is 0 Å². The Labute approximate surface area is 90.8 Å². The van der Waals surface area contributed by atoms with E-state index in [0.29, 0.717) is 0 Å². The van der Waals surface area contributed by atoms with E-state index >= 15 is 0 Å². The molecule has 0 aromatic heterocycles. The van der Waals surface area contributed by atoms with Gasteiger partial charge in [0.05, 0.1) is 4.90 Å². The highest BCUT2D eigenvalue weighted by Crippen LogP contribution is 2.13. The summed E-state index contributed by atoms with van der Waals surface area (Å²) in [5.41, 5.74) is 0.830. The Balaban J connectivity index is 2.95. The van der Waals surface area contributed by atoms with Gasteiger partial charge in [-0.25, -0.2) is 0 Å². The van der Waals surface area contributed by atoms with E-state index in [1.165, 1.54) is 12.1 Å². The van der Waals surface area contributed by atoms with Crippen molar-refractivity contribution in [3.63, 3.8) is 0 Å². The van der Waals surface area contributed by atoms with Crippen LogP contribution in [0.4, 0.5) is 3.89 Å². The van der Waals surface area contributed by atoms with Gasteiger partial charge < -0.3 is 0 Å². The van der Waals surface area contributed by atoms with Gasteiger partial charge in [-0.1, -0.05) is 40.2 Å². The number of benzene rings is 1. The van der Waals surface area contributed by atoms with Gasteiger partial charge in [-0.15, -0.1) is 3.89 Å². The zero-order valence-electron chi connectivity index (χ0n) is 7.15. The van der Waals surface area contributed by atoms with Gasteiger partial charge in [0, 0.05) is 5.33 Å². The summed E-state index contributed by atoms with van der Waals surface area (Å²) in [5, 5.41) is 0.718. The molecule has 1 aromatic rings. The summed E-state index contributed by atoms with van der Waals surface area (Å²) in [5.74, 6) is 0. The molecule has 1 rings (SSSR count). The van der Waals surface area contributed by atoms with Crippen molar-refractivity contribution in [2.24, 2.45) is 0 Å². The number of halogens is 2. The second-order valence-electron chi connectivity index (χ2n) is 2.56. The lowest BCUT2D eigenvalue weighted by Gasteiger charge is -1.95. The number of hydrogen-bond acceptors (Lipinski definition) is 2. The molecule has 0 atom stereocenters. The van der Waals surface area contributed by atoms with Crippen molar-refractivity contribution in [3.05, 3.63) is 35.9 Å². The SMILES string of the molecule is O=S(=O)(F)c1ccc(C=CCBr)cc1. The third-order valence-electron chi connectivity index (χ3n) is 1.56. The average molecular weight is 279 g/mol. The Kier molecular flexibility index (Phi) is 3.83. The molecule has 0 aliphatic rings. The normalized spacial score (nSPS) is 12.1. The van der Waals surface area contributed by atoms with Crippen LogP contribution in [0.2, 0.25) is 0 Å². The van der Waals surface area contributed by atoms with Crippen LogP contribution in [-0.4, -0.2) is 13.7 Å². The quantitative estimate of drug-likeness (QED) is 0.629. The minimum absolute atomic E-state index is 0.312. The summed E-state index contributed by atoms with van der Waals surface area (Å²) >= 11 is 3.21. The van der Waals surface area contributed by atoms with E-state index in [1.54, 1.807) is 12.1 Å². The first-order valence-electron chi connectivity index (χ1n) is 3.81. The largest absolute Gasteiger partial charge is 0.332 e. The Bertz CT molecular complexity index is 423. The molecule has 0 saturated carbocycles. The summed E-state index contributed by atoms with van der Waals surface area (Å²) < 4.78 is 33.4. The van der Waals surface area contributed by atoms with Crippen molar-refractivity contribution >= 4 is 32.2 Å². The molecule has 0 radical (unpaired) electrons. The fraction of sp³-hybridized carbons (Fsp3) is 0.111. The van der Waals surface area contributed by atoms with Crippen LogP contribution in [0.25, 0.3) is 6.08 Å². The van der Waals surface area contributed by atoms with Crippen LogP contribution in [-0.2, 0) is 10.2 Å². The van der Waals surface area contributed by atoms with E-state index in [4.69, 9.17) is 0 Å². The monoisotopic (exact) mass is 278 g/mol. The summed E-state index contributed by atoms with van der Waals surface area (Å²) in [7, 11) is -4.57. The van der Waals surface area contributed by atoms with Gasteiger partial charge in [-0.05, 0) is 17.7 Å². The van der Waals surface area contributed by atoms with E-state index in [1.807, 2.05) is 12.2 Å². The maximum absolute atomic E-state index is 12.5. The third-order valence-corrected chi connectivity index (χ3v) is 2.77. The molecule has 14 heavy (non-hydrogen) atoms. The van der Waals surface area contributed by atoms with Gasteiger partial charge in [-0.3, -0.25) is 0 Å². The third kappa shape index (κ3) is 3.23. The lowest BCUT2D eigenvalue weighted by atomic mass is 10.2. The van der Waals surface area contributed by atoms with Crippen LogP contribution in [0.5, 0.6) is 0 Å². The number of alkyl halides is 1. The van der Waals surface area contributed by atoms with E-state index in [0.717, 1.165) is 10.9 Å². The zero-order valence-corrected chi connectivity index (χ0v) is 9.55. The van der Waals surface area contributed by atoms with Crippen LogP contribution in [0.15, 0.2) is 35.2 Å². The van der Waals surface area contributed by atoms with Crippen molar-refractivity contribution in [2.75, 3.05) is 5.33 Å². The number of hydrogen-bond donors (Lipinski definition) is 0. The molecule has 0 saturated heterocycles. The molecule has 0 fully saturated rings. The maximum Gasteiger partial charge on any atom is 0.332 e. The first kappa shape index (κ1) is 11.4. The van der Waals surface area contributed by atoms with Crippen molar-refractivity contribution in [3.8, 4) is 0 Å². The van der Waals surface area contributed by atoms with Crippen molar-refractivity contribution < 1.29 is 12.3 Å². The topological polar surface area (TPSA) is 34.1 Å². The Morgan fingerprint density at radius 1 is 1.29 bits per heavy atom. The second kappa shape index (κ2) is 4.70. The van der Waals surface area contributed by atoms with Crippen molar-refractivity contribution in [2.45, 2.75) is 4.90 Å². The minimum Gasteiger partial charge on any atom is -0.189 e. The summed E-state index contributed by atoms with van der Waals surface area (Å²) in [6.07, 6.45) is 3.67. The van der Waals surface area contributed by atoms with Gasteiger partial charge in [0.1, 0.15) is 0 Å². The van der Waals surface area contributed by atoms with E-state index in [9.17, 15) is 12.3 Å². The Morgan fingerprint density at radius 3 is 2.29 bits per heavy atom. The molecule has 76 valence electrons. The van der Waals surface area contributed by atoms with Crippen LogP contribution in [0.3, 0.4) is 0 Å². The highest BCUT2D eigenvalue weighted by molar-refractivity contribution is 9.09. The lowest BCUT2D eigenvalue weighted by molar-refractivity contribution is 0.552. The van der Waals surface area contributed by atoms with E-state index in [-0.39, 0.29) is 4.90 Å². The predicted octanol–water partition coefficient (Wildman–Crippen LogP) is 2.75. The Hall–Kier alpha value is -0.680. The van der Waals surface area contributed by atoms with Crippen molar-refractivity contribution in [1.29, 1.82) is 0 Å². The molecule has 0 aliphatic heterocycles. The minimum atomic E-state index is -4.57. The van der Waals surface area contributed by atoms with E-state index < -0.39 is 10.2 Å². The van der Waals surface area contributed by atoms with Crippen LogP contribution in [0, 0.1) is 0 Å². The highest BCUT2D eigenvalue weighted by atomic mass is 79.9. The van der Waals surface area contributed by atoms with Gasteiger partial charge in [0.15, 0.2) is 0 Å². The molecule has 5 heteroatoms. The molecule has 2 nitrogen and oxygen atoms in total. The van der Waals surface area contributed by atoms with Gasteiger partial charge in [0.25, 0.3) is 0 Å². The van der Waals surface area contributed by atoms with Crippen molar-refractivity contribution in [1.82, 2.24) is 0 Å². The van der Waals surface area contributed by atoms with Gasteiger partial charge in [-0.2, -0.15) is 8.42 Å². The summed E-state index contributed by atoms with van der Waals surface area (Å²) in [6.45, 7) is 0. The molecule has 0 heterocycles. The highest BCUT2D eigenvalue weighted by Gasteiger charge is 2.09. The summed E-state index contributed by atoms with van der Waals surface area (Å²) in [4.78, 5) is -0.312. The second-order valence-corrected chi connectivity index (χ2v) is 4.56. The maximum atomic E-state index is 12.5. The molecule has 0 spiro atoms. The first-order chi connectivity index (χ1) is 6.54. The van der Waals surface area contributed by atoms with E-state index in [2.05, 4.69) is 15.9 Å². The lowest BCUT2D eigenvalue weighted by Crippen LogP contribution is -1.90. The first-order valence-corrected chi connectivity index (χ1v) is 6.32. The fourth-order valence-corrected chi connectivity index (χ4v) is 1.57. The van der Waals surface area contributed by atoms with Crippen LogP contribution in [0.1, 0.15) is 5.56 Å². The van der Waals surface area contributed by atoms with Crippen LogP contribution >= 0.6 is 15.9 Å². The van der Waals surface area contributed by atoms with Gasteiger partial charge >= 0.3 is 10.2 Å². The zero-order chi connectivity index (χ0) is 10.6. The molecule has 0 bridgehead atoms. The number of allylic oxidation sites excluding steroid dienone is 1. The molecular weight excluding hydrogens is 271 g/mol. The molecule has 1 aromatic carbocycles. The Morgan fingerprint density at radius 2 is 1.86 bits per heavy atom. The molecular formula is C9H8BrFO2S.